The summed E-state index contributed by atoms with van der Waals surface area (Å²) in [6.07, 6.45) is 0. The number of hydrogen-bond donors (Lipinski definition) is 2. The fourth-order valence-corrected chi connectivity index (χ4v) is 1.65. The molecular formula is C11H15NO4S. The van der Waals surface area contributed by atoms with E-state index in [0.717, 1.165) is 0 Å². The summed E-state index contributed by atoms with van der Waals surface area (Å²) in [5.74, 6) is -0.490. The van der Waals surface area contributed by atoms with E-state index in [1.54, 1.807) is 17.8 Å². The van der Waals surface area contributed by atoms with Gasteiger partial charge in [-0.1, -0.05) is 13.8 Å². The number of carbonyl (C=O) groups is 2. The van der Waals surface area contributed by atoms with E-state index < -0.39 is 5.97 Å². The van der Waals surface area contributed by atoms with Crippen LogP contribution in [0, 0.1) is 0 Å². The van der Waals surface area contributed by atoms with Crippen LogP contribution in [0.2, 0.25) is 0 Å². The second-order valence-corrected chi connectivity index (χ2v) is 5.27. The van der Waals surface area contributed by atoms with E-state index in [0.29, 0.717) is 16.8 Å². The maximum Gasteiger partial charge on any atom is 0.371 e. The van der Waals surface area contributed by atoms with Crippen molar-refractivity contribution in [3.8, 4) is 0 Å². The molecule has 5 nitrogen and oxygen atoms in total. The number of hydrogen-bond acceptors (Lipinski definition) is 4. The Labute approximate surface area is 104 Å². The van der Waals surface area contributed by atoms with Gasteiger partial charge >= 0.3 is 5.97 Å². The van der Waals surface area contributed by atoms with Crippen LogP contribution >= 0.6 is 11.8 Å². The molecule has 0 fully saturated rings. The van der Waals surface area contributed by atoms with E-state index in [1.165, 1.54) is 6.07 Å². The number of aromatic carboxylic acids is 1. The van der Waals surface area contributed by atoms with Gasteiger partial charge in [-0.3, -0.25) is 4.79 Å². The highest BCUT2D eigenvalue weighted by Crippen LogP contribution is 2.09. The molecule has 17 heavy (non-hydrogen) atoms. The summed E-state index contributed by atoms with van der Waals surface area (Å²) in [5.41, 5.74) is 0. The van der Waals surface area contributed by atoms with E-state index in [4.69, 9.17) is 9.52 Å². The minimum atomic E-state index is -1.11. The molecule has 0 bridgehead atoms. The summed E-state index contributed by atoms with van der Waals surface area (Å²) in [6, 6.07) is 2.91. The van der Waals surface area contributed by atoms with Gasteiger partial charge in [-0.05, 0) is 17.4 Å². The molecular weight excluding hydrogens is 242 g/mol. The average Bonchev–Trinajstić information content (AvgIpc) is 2.72. The normalized spacial score (nSPS) is 10.5. The minimum Gasteiger partial charge on any atom is -0.475 e. The van der Waals surface area contributed by atoms with E-state index in [-0.39, 0.29) is 18.2 Å². The number of thioether (sulfide) groups is 1. The van der Waals surface area contributed by atoms with E-state index >= 15 is 0 Å². The Kier molecular flexibility index (Phi) is 5.09. The average molecular weight is 257 g/mol. The van der Waals surface area contributed by atoms with Gasteiger partial charge in [-0.15, -0.1) is 11.8 Å². The lowest BCUT2D eigenvalue weighted by Gasteiger charge is -2.05. The predicted octanol–water partition coefficient (Wildman–Crippen LogP) is 1.74. The Bertz CT molecular complexity index is 400. The lowest BCUT2D eigenvalue weighted by Crippen LogP contribution is -2.24. The van der Waals surface area contributed by atoms with Crippen molar-refractivity contribution in [2.45, 2.75) is 25.6 Å². The van der Waals surface area contributed by atoms with Crippen LogP contribution in [0.1, 0.15) is 30.2 Å². The first-order valence-corrected chi connectivity index (χ1v) is 6.24. The van der Waals surface area contributed by atoms with Gasteiger partial charge in [0.05, 0.1) is 12.3 Å². The summed E-state index contributed by atoms with van der Waals surface area (Å²) in [4.78, 5) is 21.9. The lowest BCUT2D eigenvalue weighted by atomic mass is 10.4. The van der Waals surface area contributed by atoms with E-state index in [2.05, 4.69) is 5.32 Å². The molecule has 1 amide bonds. The number of rotatable bonds is 6. The third kappa shape index (κ3) is 4.95. The summed E-state index contributed by atoms with van der Waals surface area (Å²) < 4.78 is 5.00. The molecule has 0 spiro atoms. The van der Waals surface area contributed by atoms with E-state index in [1.807, 2.05) is 13.8 Å². The first kappa shape index (κ1) is 13.6. The standard InChI is InChI=1S/C11H15NO4S/c1-7(2)17-6-10(13)12-5-8-3-4-9(16-8)11(14)15/h3-4,7H,5-6H2,1-2H3,(H,12,13)(H,14,15). The minimum absolute atomic E-state index is 0.0861. The number of carbonyl (C=O) groups excluding carboxylic acids is 1. The first-order valence-electron chi connectivity index (χ1n) is 5.19. The third-order valence-electron chi connectivity index (χ3n) is 1.88. The molecule has 1 aromatic heterocycles. The molecule has 0 saturated carbocycles. The van der Waals surface area contributed by atoms with Crippen LogP contribution in [0.5, 0.6) is 0 Å². The highest BCUT2D eigenvalue weighted by Gasteiger charge is 2.09. The van der Waals surface area contributed by atoms with Gasteiger partial charge in [0.15, 0.2) is 0 Å². The number of furan rings is 1. The third-order valence-corrected chi connectivity index (χ3v) is 2.98. The first-order chi connectivity index (χ1) is 7.99. The molecule has 2 N–H and O–H groups in total. The Morgan fingerprint density at radius 1 is 1.47 bits per heavy atom. The Hall–Kier alpha value is -1.43. The van der Waals surface area contributed by atoms with Gasteiger partial charge < -0.3 is 14.8 Å². The Balaban J connectivity index is 2.34. The van der Waals surface area contributed by atoms with Gasteiger partial charge in [0.25, 0.3) is 0 Å². The van der Waals surface area contributed by atoms with Crippen molar-refractivity contribution in [3.05, 3.63) is 23.7 Å². The molecule has 1 aromatic rings. The molecule has 6 heteroatoms. The summed E-state index contributed by atoms with van der Waals surface area (Å²) >= 11 is 1.55. The largest absolute Gasteiger partial charge is 0.475 e. The maximum atomic E-state index is 11.4. The zero-order chi connectivity index (χ0) is 12.8. The van der Waals surface area contributed by atoms with Crippen molar-refractivity contribution in [2.24, 2.45) is 0 Å². The Morgan fingerprint density at radius 2 is 2.18 bits per heavy atom. The highest BCUT2D eigenvalue weighted by molar-refractivity contribution is 8.00. The van der Waals surface area contributed by atoms with Crippen molar-refractivity contribution in [2.75, 3.05) is 5.75 Å². The van der Waals surface area contributed by atoms with Crippen LogP contribution in [-0.2, 0) is 11.3 Å². The van der Waals surface area contributed by atoms with Crippen molar-refractivity contribution >= 4 is 23.6 Å². The molecule has 94 valence electrons. The molecule has 1 heterocycles. The predicted molar refractivity (Wildman–Crippen MR) is 65.1 cm³/mol. The van der Waals surface area contributed by atoms with Crippen LogP contribution in [0.15, 0.2) is 16.5 Å². The molecule has 0 radical (unpaired) electrons. The molecule has 0 aromatic carbocycles. The number of carboxylic acid groups (broad SMARTS) is 1. The van der Waals surface area contributed by atoms with Crippen LogP contribution in [0.3, 0.4) is 0 Å². The maximum absolute atomic E-state index is 11.4. The molecule has 0 unspecified atom stereocenters. The van der Waals surface area contributed by atoms with Gasteiger partial charge in [0.2, 0.25) is 11.7 Å². The number of nitrogens with one attached hydrogen (secondary N) is 1. The number of amides is 1. The monoisotopic (exact) mass is 257 g/mol. The zero-order valence-corrected chi connectivity index (χ0v) is 10.5. The van der Waals surface area contributed by atoms with Crippen LogP contribution in [-0.4, -0.2) is 28.0 Å². The Morgan fingerprint density at radius 3 is 2.71 bits per heavy atom. The summed E-state index contributed by atoms with van der Waals surface area (Å²) in [6.45, 7) is 4.25. The molecule has 0 atom stereocenters. The van der Waals surface area contributed by atoms with Crippen molar-refractivity contribution in [1.82, 2.24) is 5.32 Å². The van der Waals surface area contributed by atoms with Crippen molar-refractivity contribution in [1.29, 1.82) is 0 Å². The SMILES string of the molecule is CC(C)SCC(=O)NCc1ccc(C(=O)O)o1. The molecule has 1 rings (SSSR count). The molecule has 0 aliphatic heterocycles. The molecule has 0 saturated heterocycles. The zero-order valence-electron chi connectivity index (χ0n) is 9.73. The van der Waals surface area contributed by atoms with Crippen molar-refractivity contribution < 1.29 is 19.1 Å². The highest BCUT2D eigenvalue weighted by atomic mass is 32.2. The van der Waals surface area contributed by atoms with Crippen LogP contribution in [0.4, 0.5) is 0 Å². The summed E-state index contributed by atoms with van der Waals surface area (Å²) in [7, 11) is 0. The van der Waals surface area contributed by atoms with Gasteiger partial charge in [-0.2, -0.15) is 0 Å². The van der Waals surface area contributed by atoms with Gasteiger partial charge in [0, 0.05) is 0 Å². The fraction of sp³-hybridized carbons (Fsp3) is 0.455. The second kappa shape index (κ2) is 6.34. The summed E-state index contributed by atoms with van der Waals surface area (Å²) in [5, 5.41) is 11.7. The molecule has 0 aliphatic rings. The number of carboxylic acids is 1. The molecule has 0 aliphatic carbocycles. The van der Waals surface area contributed by atoms with E-state index in [9.17, 15) is 9.59 Å². The fourth-order valence-electron chi connectivity index (χ4n) is 1.07. The lowest BCUT2D eigenvalue weighted by molar-refractivity contribution is -0.118. The van der Waals surface area contributed by atoms with Gasteiger partial charge in [0.1, 0.15) is 5.76 Å². The second-order valence-electron chi connectivity index (χ2n) is 3.71. The van der Waals surface area contributed by atoms with Crippen molar-refractivity contribution in [3.63, 3.8) is 0 Å². The quantitative estimate of drug-likeness (QED) is 0.811. The topological polar surface area (TPSA) is 79.5 Å². The smallest absolute Gasteiger partial charge is 0.371 e. The van der Waals surface area contributed by atoms with Crippen LogP contribution in [0.25, 0.3) is 0 Å². The van der Waals surface area contributed by atoms with Crippen LogP contribution < -0.4 is 5.32 Å². The van der Waals surface area contributed by atoms with Gasteiger partial charge in [-0.25, -0.2) is 4.79 Å².